The van der Waals surface area contributed by atoms with Gasteiger partial charge in [0.1, 0.15) is 0 Å². The Bertz CT molecular complexity index is 333. The zero-order chi connectivity index (χ0) is 11.6. The first kappa shape index (κ1) is 12.0. The number of benzene rings is 1. The summed E-state index contributed by atoms with van der Waals surface area (Å²) in [6.45, 7) is 4.60. The average Bonchev–Trinajstić information content (AvgIpc) is 2.26. The predicted octanol–water partition coefficient (Wildman–Crippen LogP) is 4.63. The van der Waals surface area contributed by atoms with Crippen molar-refractivity contribution < 1.29 is 0 Å². The zero-order valence-corrected chi connectivity index (χ0v) is 11.4. The van der Waals surface area contributed by atoms with Gasteiger partial charge in [-0.2, -0.15) is 11.8 Å². The van der Waals surface area contributed by atoms with Crippen LogP contribution in [0, 0.1) is 5.92 Å². The zero-order valence-electron chi connectivity index (χ0n) is 10.6. The lowest BCUT2D eigenvalue weighted by molar-refractivity contribution is 0.254. The van der Waals surface area contributed by atoms with Crippen molar-refractivity contribution in [2.45, 2.75) is 44.3 Å². The van der Waals surface area contributed by atoms with Gasteiger partial charge in [-0.3, -0.25) is 0 Å². The lowest BCUT2D eigenvalue weighted by Crippen LogP contribution is -2.36. The predicted molar refractivity (Wildman–Crippen MR) is 74.0 cm³/mol. The molecular formula is C15H22S. The van der Waals surface area contributed by atoms with Crippen molar-refractivity contribution in [3.05, 3.63) is 35.4 Å². The molecule has 0 aromatic heterocycles. The molecule has 1 aromatic carbocycles. The molecule has 1 aliphatic rings. The van der Waals surface area contributed by atoms with Crippen molar-refractivity contribution >= 4 is 11.8 Å². The molecule has 0 aliphatic heterocycles. The van der Waals surface area contributed by atoms with E-state index in [2.05, 4.69) is 44.4 Å². The van der Waals surface area contributed by atoms with E-state index in [4.69, 9.17) is 0 Å². The summed E-state index contributed by atoms with van der Waals surface area (Å²) in [4.78, 5) is 0. The third-order valence-electron chi connectivity index (χ3n) is 3.77. The Morgan fingerprint density at radius 1 is 1.25 bits per heavy atom. The van der Waals surface area contributed by atoms with Crippen LogP contribution in [0.2, 0.25) is 0 Å². The van der Waals surface area contributed by atoms with Gasteiger partial charge in [0.25, 0.3) is 0 Å². The van der Waals surface area contributed by atoms with Crippen molar-refractivity contribution in [3.8, 4) is 0 Å². The molecule has 1 aromatic rings. The maximum absolute atomic E-state index is 2.36. The molecule has 1 fully saturated rings. The van der Waals surface area contributed by atoms with Crippen molar-refractivity contribution in [2.24, 2.45) is 5.92 Å². The van der Waals surface area contributed by atoms with Gasteiger partial charge in [-0.15, -0.1) is 0 Å². The molecule has 1 aliphatic carbocycles. The molecule has 0 amide bonds. The molecule has 0 atom stereocenters. The first-order valence-electron chi connectivity index (χ1n) is 6.35. The highest BCUT2D eigenvalue weighted by Crippen LogP contribution is 2.54. The molecule has 88 valence electrons. The van der Waals surface area contributed by atoms with Gasteiger partial charge in [0.2, 0.25) is 0 Å². The molecule has 0 unspecified atom stereocenters. The third-order valence-corrected chi connectivity index (χ3v) is 5.12. The second kappa shape index (κ2) is 4.83. The fourth-order valence-electron chi connectivity index (χ4n) is 2.85. The van der Waals surface area contributed by atoms with Crippen LogP contribution in [-0.2, 0) is 11.2 Å². The first-order chi connectivity index (χ1) is 7.70. The highest BCUT2D eigenvalue weighted by Gasteiger charge is 2.42. The average molecular weight is 234 g/mol. The van der Waals surface area contributed by atoms with Crippen molar-refractivity contribution in [3.63, 3.8) is 0 Å². The van der Waals surface area contributed by atoms with Gasteiger partial charge in [0, 0.05) is 4.75 Å². The minimum absolute atomic E-state index is 0.435. The Hall–Kier alpha value is -0.430. The fraction of sp³-hybridized carbons (Fsp3) is 0.600. The summed E-state index contributed by atoms with van der Waals surface area (Å²) < 4.78 is 0.435. The first-order valence-corrected chi connectivity index (χ1v) is 7.57. The minimum Gasteiger partial charge on any atom is -0.154 e. The Morgan fingerprint density at radius 2 is 1.88 bits per heavy atom. The van der Waals surface area contributed by atoms with E-state index in [1.807, 2.05) is 11.8 Å². The summed E-state index contributed by atoms with van der Waals surface area (Å²) in [6, 6.07) is 9.35. The Balaban J connectivity index is 2.14. The Labute approximate surface area is 104 Å². The molecule has 0 spiro atoms. The number of rotatable bonds is 4. The van der Waals surface area contributed by atoms with Crippen molar-refractivity contribution in [2.75, 3.05) is 6.26 Å². The normalized spacial score (nSPS) is 28.8. The smallest absolute Gasteiger partial charge is 0.0410 e. The molecule has 0 heterocycles. The SMILES string of the molecule is CCCc1ccc(C2(SC)CC(C)C2)cc1. The van der Waals surface area contributed by atoms with Crippen molar-refractivity contribution in [1.29, 1.82) is 0 Å². The number of thioether (sulfide) groups is 1. The molecule has 0 saturated heterocycles. The van der Waals surface area contributed by atoms with E-state index >= 15 is 0 Å². The lowest BCUT2D eigenvalue weighted by atomic mass is 9.71. The van der Waals surface area contributed by atoms with E-state index in [0.29, 0.717) is 4.75 Å². The van der Waals surface area contributed by atoms with Crippen LogP contribution in [0.1, 0.15) is 44.2 Å². The van der Waals surface area contributed by atoms with E-state index in [1.54, 1.807) is 0 Å². The second-order valence-corrected chi connectivity index (χ2v) is 6.35. The number of hydrogen-bond acceptors (Lipinski definition) is 1. The van der Waals surface area contributed by atoms with Crippen LogP contribution >= 0.6 is 11.8 Å². The molecule has 0 bridgehead atoms. The second-order valence-electron chi connectivity index (χ2n) is 5.16. The van der Waals surface area contributed by atoms with Gasteiger partial charge in [0.15, 0.2) is 0 Å². The van der Waals surface area contributed by atoms with Crippen LogP contribution in [-0.4, -0.2) is 6.26 Å². The van der Waals surface area contributed by atoms with Gasteiger partial charge in [-0.1, -0.05) is 44.5 Å². The molecule has 0 N–H and O–H groups in total. The topological polar surface area (TPSA) is 0 Å². The highest BCUT2D eigenvalue weighted by molar-refractivity contribution is 7.99. The largest absolute Gasteiger partial charge is 0.154 e. The van der Waals surface area contributed by atoms with Crippen LogP contribution in [0.5, 0.6) is 0 Å². The maximum Gasteiger partial charge on any atom is 0.0410 e. The monoisotopic (exact) mass is 234 g/mol. The quantitative estimate of drug-likeness (QED) is 0.732. The van der Waals surface area contributed by atoms with Gasteiger partial charge < -0.3 is 0 Å². The summed E-state index contributed by atoms with van der Waals surface area (Å²) in [5.74, 6) is 0.905. The highest BCUT2D eigenvalue weighted by atomic mass is 32.2. The van der Waals surface area contributed by atoms with Gasteiger partial charge in [-0.25, -0.2) is 0 Å². The number of hydrogen-bond donors (Lipinski definition) is 0. The summed E-state index contributed by atoms with van der Waals surface area (Å²) in [7, 11) is 0. The molecule has 2 rings (SSSR count). The standard InChI is InChI=1S/C15H22S/c1-4-5-13-6-8-14(9-7-13)15(16-3)10-12(2)11-15/h6-9,12H,4-5,10-11H2,1-3H3. The maximum atomic E-state index is 2.36. The van der Waals surface area contributed by atoms with E-state index in [-0.39, 0.29) is 0 Å². The molecule has 0 nitrogen and oxygen atoms in total. The van der Waals surface area contributed by atoms with Crippen LogP contribution in [0.3, 0.4) is 0 Å². The summed E-state index contributed by atoms with van der Waals surface area (Å²) in [6.07, 6.45) is 7.40. The van der Waals surface area contributed by atoms with Crippen LogP contribution in [0.25, 0.3) is 0 Å². The van der Waals surface area contributed by atoms with Gasteiger partial charge in [-0.05, 0) is 42.6 Å². The molecule has 1 saturated carbocycles. The number of aryl methyl sites for hydroxylation is 1. The van der Waals surface area contributed by atoms with E-state index in [0.717, 1.165) is 5.92 Å². The summed E-state index contributed by atoms with van der Waals surface area (Å²) >= 11 is 2.04. The molecular weight excluding hydrogens is 212 g/mol. The Kier molecular flexibility index (Phi) is 3.63. The van der Waals surface area contributed by atoms with E-state index in [1.165, 1.54) is 36.8 Å². The minimum atomic E-state index is 0.435. The third kappa shape index (κ3) is 2.15. The van der Waals surface area contributed by atoms with Crippen molar-refractivity contribution in [1.82, 2.24) is 0 Å². The Morgan fingerprint density at radius 3 is 2.31 bits per heavy atom. The van der Waals surface area contributed by atoms with Crippen LogP contribution < -0.4 is 0 Å². The summed E-state index contributed by atoms with van der Waals surface area (Å²) in [5.41, 5.74) is 3.02. The molecule has 1 heteroatoms. The van der Waals surface area contributed by atoms with Gasteiger partial charge in [0.05, 0.1) is 0 Å². The van der Waals surface area contributed by atoms with Crippen LogP contribution in [0.4, 0.5) is 0 Å². The summed E-state index contributed by atoms with van der Waals surface area (Å²) in [5, 5.41) is 0. The van der Waals surface area contributed by atoms with E-state index < -0.39 is 0 Å². The lowest BCUT2D eigenvalue weighted by Gasteiger charge is -2.46. The van der Waals surface area contributed by atoms with Gasteiger partial charge >= 0.3 is 0 Å². The molecule has 0 radical (unpaired) electrons. The van der Waals surface area contributed by atoms with Crippen LogP contribution in [0.15, 0.2) is 24.3 Å². The molecule has 16 heavy (non-hydrogen) atoms. The fourth-order valence-corrected chi connectivity index (χ4v) is 4.12. The van der Waals surface area contributed by atoms with E-state index in [9.17, 15) is 0 Å².